The number of rotatable bonds is 2. The molecule has 6 heteroatoms. The zero-order valence-electron chi connectivity index (χ0n) is 13.1. The lowest BCUT2D eigenvalue weighted by molar-refractivity contribution is -0.131. The van der Waals surface area contributed by atoms with Crippen LogP contribution in [0.4, 0.5) is 5.13 Å². The molecule has 0 saturated carbocycles. The highest BCUT2D eigenvalue weighted by atomic mass is 32.1. The van der Waals surface area contributed by atoms with Gasteiger partial charge in [0.25, 0.3) is 0 Å². The van der Waals surface area contributed by atoms with E-state index >= 15 is 0 Å². The van der Waals surface area contributed by atoms with Gasteiger partial charge in [0.1, 0.15) is 5.82 Å². The normalized spacial score (nSPS) is 20.6. The van der Waals surface area contributed by atoms with Crippen LogP contribution in [0.1, 0.15) is 53.8 Å². The van der Waals surface area contributed by atoms with Gasteiger partial charge in [0.2, 0.25) is 11.0 Å². The Morgan fingerprint density at radius 1 is 1.25 bits per heavy atom. The summed E-state index contributed by atoms with van der Waals surface area (Å²) in [5.74, 6) is 1.05. The van der Waals surface area contributed by atoms with Crippen molar-refractivity contribution < 1.29 is 4.79 Å². The topological polar surface area (TPSA) is 58.1 Å². The van der Waals surface area contributed by atoms with Crippen molar-refractivity contribution in [3.8, 4) is 0 Å². The molecule has 1 aromatic heterocycles. The molecule has 112 valence electrons. The number of amides is 1. The minimum absolute atomic E-state index is 0.0423. The molecule has 0 aliphatic carbocycles. The Balaban J connectivity index is 2.02. The molecule has 1 N–H and O–H groups in total. The third-order valence-electron chi connectivity index (χ3n) is 3.36. The molecule has 1 saturated heterocycles. The molecule has 1 aromatic rings. The summed E-state index contributed by atoms with van der Waals surface area (Å²) in [6, 6.07) is 0.127. The summed E-state index contributed by atoms with van der Waals surface area (Å²) in [6.45, 7) is 13.2. The van der Waals surface area contributed by atoms with E-state index in [0.29, 0.717) is 6.42 Å². The first kappa shape index (κ1) is 15.2. The van der Waals surface area contributed by atoms with Gasteiger partial charge in [0.05, 0.1) is 6.04 Å². The van der Waals surface area contributed by atoms with Crippen LogP contribution in [0.15, 0.2) is 0 Å². The lowest BCUT2D eigenvalue weighted by Crippen LogP contribution is -2.43. The Morgan fingerprint density at radius 3 is 2.35 bits per heavy atom. The van der Waals surface area contributed by atoms with Gasteiger partial charge in [-0.05, 0) is 20.8 Å². The van der Waals surface area contributed by atoms with Crippen molar-refractivity contribution in [2.24, 2.45) is 0 Å². The monoisotopic (exact) mass is 296 g/mol. The number of carbonyl (C=O) groups is 1. The standard InChI is InChI=1S/C14H24N4OS/c1-13(2,3)11-16-12(20-17-11)15-9-7-10(19)18(8-9)14(4,5)6/h9H,7-8H2,1-6H3,(H,15,16,17)/t9-/m1/s1. The first-order valence-electron chi connectivity index (χ1n) is 6.98. The van der Waals surface area contributed by atoms with Gasteiger partial charge < -0.3 is 10.2 Å². The van der Waals surface area contributed by atoms with Gasteiger partial charge in [-0.2, -0.15) is 4.37 Å². The molecule has 20 heavy (non-hydrogen) atoms. The predicted molar refractivity (Wildman–Crippen MR) is 82.1 cm³/mol. The molecule has 5 nitrogen and oxygen atoms in total. The Hall–Kier alpha value is -1.17. The second kappa shape index (κ2) is 4.98. The van der Waals surface area contributed by atoms with Crippen LogP contribution in [0.5, 0.6) is 0 Å². The maximum absolute atomic E-state index is 12.0. The van der Waals surface area contributed by atoms with Crippen LogP contribution in [-0.2, 0) is 10.2 Å². The lowest BCUT2D eigenvalue weighted by atomic mass is 9.96. The molecule has 0 radical (unpaired) electrons. The second-order valence-corrected chi connectivity index (χ2v) is 8.15. The number of nitrogens with one attached hydrogen (secondary N) is 1. The maximum atomic E-state index is 12.0. The summed E-state index contributed by atoms with van der Waals surface area (Å²) in [4.78, 5) is 18.5. The molecule has 2 heterocycles. The third kappa shape index (κ3) is 3.29. The van der Waals surface area contributed by atoms with E-state index in [1.54, 1.807) is 0 Å². The number of likely N-dealkylation sites (tertiary alicyclic amines) is 1. The number of nitrogens with zero attached hydrogens (tertiary/aromatic N) is 3. The van der Waals surface area contributed by atoms with E-state index < -0.39 is 0 Å². The molecule has 0 spiro atoms. The van der Waals surface area contributed by atoms with Crippen LogP contribution in [0.3, 0.4) is 0 Å². The number of aromatic nitrogens is 2. The fourth-order valence-electron chi connectivity index (χ4n) is 2.21. The summed E-state index contributed by atoms with van der Waals surface area (Å²) in [6.07, 6.45) is 0.529. The first-order valence-corrected chi connectivity index (χ1v) is 7.76. The highest BCUT2D eigenvalue weighted by Crippen LogP contribution is 2.27. The average Bonchev–Trinajstić information content (AvgIpc) is 2.84. The van der Waals surface area contributed by atoms with Crippen molar-refractivity contribution in [3.63, 3.8) is 0 Å². The van der Waals surface area contributed by atoms with E-state index in [-0.39, 0.29) is 22.9 Å². The zero-order valence-corrected chi connectivity index (χ0v) is 14.0. The van der Waals surface area contributed by atoms with Gasteiger partial charge in [-0.25, -0.2) is 4.98 Å². The first-order chi connectivity index (χ1) is 9.07. The van der Waals surface area contributed by atoms with E-state index in [4.69, 9.17) is 0 Å². The molecule has 1 aliphatic heterocycles. The van der Waals surface area contributed by atoms with Gasteiger partial charge in [-0.3, -0.25) is 4.79 Å². The molecular formula is C14H24N4OS. The summed E-state index contributed by atoms with van der Waals surface area (Å²) >= 11 is 1.37. The van der Waals surface area contributed by atoms with Gasteiger partial charge in [-0.15, -0.1) is 0 Å². The Kier molecular flexibility index (Phi) is 3.79. The molecule has 0 aromatic carbocycles. The molecule has 2 rings (SSSR count). The van der Waals surface area contributed by atoms with E-state index in [2.05, 4.69) is 56.2 Å². The zero-order chi connectivity index (χ0) is 15.1. The summed E-state index contributed by atoms with van der Waals surface area (Å²) in [5, 5.41) is 4.16. The largest absolute Gasteiger partial charge is 0.355 e. The predicted octanol–water partition coefficient (Wildman–Crippen LogP) is 2.65. The van der Waals surface area contributed by atoms with Crippen LogP contribution in [-0.4, -0.2) is 38.3 Å². The highest BCUT2D eigenvalue weighted by molar-refractivity contribution is 7.09. The maximum Gasteiger partial charge on any atom is 0.225 e. The second-order valence-electron chi connectivity index (χ2n) is 7.39. The molecule has 1 amide bonds. The smallest absolute Gasteiger partial charge is 0.225 e. The van der Waals surface area contributed by atoms with Crippen LogP contribution in [0.2, 0.25) is 0 Å². The number of hydrogen-bond acceptors (Lipinski definition) is 5. The van der Waals surface area contributed by atoms with Gasteiger partial charge in [0.15, 0.2) is 0 Å². The third-order valence-corrected chi connectivity index (χ3v) is 4.01. The molecule has 0 unspecified atom stereocenters. The Morgan fingerprint density at radius 2 is 1.90 bits per heavy atom. The Labute approximate surface area is 124 Å². The molecule has 1 fully saturated rings. The lowest BCUT2D eigenvalue weighted by Gasteiger charge is -2.32. The number of hydrogen-bond donors (Lipinski definition) is 1. The average molecular weight is 296 g/mol. The summed E-state index contributed by atoms with van der Waals surface area (Å²) < 4.78 is 4.39. The summed E-state index contributed by atoms with van der Waals surface area (Å²) in [7, 11) is 0. The van der Waals surface area contributed by atoms with Crippen LogP contribution in [0.25, 0.3) is 0 Å². The Bertz CT molecular complexity index is 498. The minimum atomic E-state index is -0.120. The van der Waals surface area contributed by atoms with Crippen LogP contribution >= 0.6 is 11.5 Å². The molecule has 0 bridgehead atoms. The van der Waals surface area contributed by atoms with E-state index in [1.165, 1.54) is 11.5 Å². The van der Waals surface area contributed by atoms with E-state index in [0.717, 1.165) is 17.5 Å². The molecule has 1 atom stereocenters. The summed E-state index contributed by atoms with van der Waals surface area (Å²) in [5.41, 5.74) is -0.162. The van der Waals surface area contributed by atoms with E-state index in [9.17, 15) is 4.79 Å². The van der Waals surface area contributed by atoms with Gasteiger partial charge >= 0.3 is 0 Å². The van der Waals surface area contributed by atoms with Gasteiger partial charge in [-0.1, -0.05) is 20.8 Å². The van der Waals surface area contributed by atoms with E-state index in [1.807, 2.05) is 4.90 Å². The van der Waals surface area contributed by atoms with Crippen molar-refractivity contribution in [1.82, 2.24) is 14.3 Å². The van der Waals surface area contributed by atoms with Crippen LogP contribution < -0.4 is 5.32 Å². The SMILES string of the molecule is CC(C)(C)c1nsc(N[C@@H]2CC(=O)N(C(C)(C)C)C2)n1. The van der Waals surface area contributed by atoms with Crippen molar-refractivity contribution in [3.05, 3.63) is 5.82 Å². The fraction of sp³-hybridized carbons (Fsp3) is 0.786. The van der Waals surface area contributed by atoms with Crippen molar-refractivity contribution in [1.29, 1.82) is 0 Å². The van der Waals surface area contributed by atoms with Crippen molar-refractivity contribution >= 4 is 22.6 Å². The van der Waals surface area contributed by atoms with Crippen molar-refractivity contribution in [2.45, 2.75) is 65.0 Å². The van der Waals surface area contributed by atoms with Gasteiger partial charge in [0, 0.05) is 35.5 Å². The van der Waals surface area contributed by atoms with Crippen molar-refractivity contribution in [2.75, 3.05) is 11.9 Å². The number of carbonyl (C=O) groups excluding carboxylic acids is 1. The van der Waals surface area contributed by atoms with Crippen LogP contribution in [0, 0.1) is 0 Å². The number of anilines is 1. The highest BCUT2D eigenvalue weighted by Gasteiger charge is 2.36. The molecular weight excluding hydrogens is 272 g/mol. The fourth-order valence-corrected chi connectivity index (χ4v) is 3.05. The quantitative estimate of drug-likeness (QED) is 0.911. The minimum Gasteiger partial charge on any atom is -0.355 e. The molecule has 1 aliphatic rings.